The van der Waals surface area contributed by atoms with E-state index in [9.17, 15) is 4.79 Å². The number of nitrogens with zero attached hydrogens (tertiary/aromatic N) is 3. The molecule has 116 valence electrons. The number of H-pyrrole nitrogens is 1. The Morgan fingerprint density at radius 3 is 2.91 bits per heavy atom. The van der Waals surface area contributed by atoms with Gasteiger partial charge in [-0.2, -0.15) is 5.10 Å². The first kappa shape index (κ1) is 13.9. The van der Waals surface area contributed by atoms with Crippen LogP contribution in [-0.4, -0.2) is 32.1 Å². The van der Waals surface area contributed by atoms with E-state index in [-0.39, 0.29) is 11.9 Å². The molecular formula is C16H19ClN4O. The number of carbonyl (C=O) groups excluding carboxylic acids is 1. The van der Waals surface area contributed by atoms with Gasteiger partial charge in [0.1, 0.15) is 0 Å². The summed E-state index contributed by atoms with van der Waals surface area (Å²) in [6.45, 7) is 0.761. The van der Waals surface area contributed by atoms with Gasteiger partial charge in [0.2, 0.25) is 0 Å². The molecule has 1 N–H and O–H groups in total. The van der Waals surface area contributed by atoms with Gasteiger partial charge >= 0.3 is 0 Å². The van der Waals surface area contributed by atoms with Crippen molar-refractivity contribution in [3.05, 3.63) is 40.4 Å². The summed E-state index contributed by atoms with van der Waals surface area (Å²) >= 11 is 6.39. The highest BCUT2D eigenvalue weighted by Crippen LogP contribution is 2.43. The van der Waals surface area contributed by atoms with Crippen LogP contribution in [0.25, 0.3) is 0 Å². The number of hydrogen-bond donors (Lipinski definition) is 1. The molecule has 1 saturated heterocycles. The highest BCUT2D eigenvalue weighted by Gasteiger charge is 2.36. The average Bonchev–Trinajstić information content (AvgIpc) is 2.92. The third-order valence-electron chi connectivity index (χ3n) is 4.76. The molecule has 1 saturated carbocycles. The predicted molar refractivity (Wildman–Crippen MR) is 84.0 cm³/mol. The van der Waals surface area contributed by atoms with Gasteiger partial charge in [0.15, 0.2) is 5.69 Å². The van der Waals surface area contributed by atoms with Crippen molar-refractivity contribution in [2.75, 3.05) is 6.54 Å². The van der Waals surface area contributed by atoms with E-state index in [4.69, 9.17) is 11.6 Å². The Kier molecular flexibility index (Phi) is 3.26. The van der Waals surface area contributed by atoms with Gasteiger partial charge in [-0.3, -0.25) is 9.89 Å². The molecule has 2 aromatic heterocycles. The Morgan fingerprint density at radius 2 is 2.23 bits per heavy atom. The van der Waals surface area contributed by atoms with Crippen LogP contribution >= 0.6 is 11.6 Å². The molecule has 6 heteroatoms. The minimum absolute atomic E-state index is 0.0585. The highest BCUT2D eigenvalue weighted by atomic mass is 35.5. The number of amides is 1. The molecule has 1 aliphatic heterocycles. The van der Waals surface area contributed by atoms with Gasteiger partial charge in [-0.05, 0) is 37.8 Å². The SMILES string of the molecule is Cn1cccc1[C@@H]1CCCN1C(=O)c1n[nH]c(C2CC2)c1Cl. The van der Waals surface area contributed by atoms with Crippen molar-refractivity contribution in [2.45, 2.75) is 37.6 Å². The van der Waals surface area contributed by atoms with E-state index in [1.165, 1.54) is 5.69 Å². The van der Waals surface area contributed by atoms with Gasteiger partial charge < -0.3 is 9.47 Å². The van der Waals surface area contributed by atoms with Crippen LogP contribution in [0.15, 0.2) is 18.3 Å². The lowest BCUT2D eigenvalue weighted by atomic mass is 10.1. The number of aromatic amines is 1. The number of aromatic nitrogens is 3. The largest absolute Gasteiger partial charge is 0.353 e. The number of halogens is 1. The molecule has 1 aliphatic carbocycles. The molecule has 1 atom stereocenters. The first-order chi connectivity index (χ1) is 10.7. The molecule has 2 aliphatic rings. The summed E-state index contributed by atoms with van der Waals surface area (Å²) < 4.78 is 2.08. The average molecular weight is 319 g/mol. The van der Waals surface area contributed by atoms with Crippen LogP contribution in [0.5, 0.6) is 0 Å². The molecule has 3 heterocycles. The van der Waals surface area contributed by atoms with E-state index in [0.717, 1.165) is 37.9 Å². The van der Waals surface area contributed by atoms with Gasteiger partial charge in [0.05, 0.1) is 16.8 Å². The number of carbonyl (C=O) groups is 1. The van der Waals surface area contributed by atoms with Crippen LogP contribution in [0, 0.1) is 0 Å². The normalized spacial score (nSPS) is 21.5. The highest BCUT2D eigenvalue weighted by molar-refractivity contribution is 6.34. The third kappa shape index (κ3) is 2.15. The minimum Gasteiger partial charge on any atom is -0.353 e. The summed E-state index contributed by atoms with van der Waals surface area (Å²) in [5.41, 5.74) is 2.48. The summed E-state index contributed by atoms with van der Waals surface area (Å²) in [5, 5.41) is 7.69. The molecule has 5 nitrogen and oxygen atoms in total. The molecule has 0 spiro atoms. The smallest absolute Gasteiger partial charge is 0.276 e. The summed E-state index contributed by atoms with van der Waals surface area (Å²) in [4.78, 5) is 14.8. The Balaban J connectivity index is 1.63. The van der Waals surface area contributed by atoms with Crippen molar-refractivity contribution in [2.24, 2.45) is 7.05 Å². The van der Waals surface area contributed by atoms with Crippen LogP contribution in [0.2, 0.25) is 5.02 Å². The van der Waals surface area contributed by atoms with E-state index in [1.807, 2.05) is 24.2 Å². The molecule has 2 aromatic rings. The van der Waals surface area contributed by atoms with Crippen LogP contribution in [0.4, 0.5) is 0 Å². The van der Waals surface area contributed by atoms with Crippen LogP contribution in [0.3, 0.4) is 0 Å². The van der Waals surface area contributed by atoms with Crippen molar-refractivity contribution >= 4 is 17.5 Å². The number of hydrogen-bond acceptors (Lipinski definition) is 2. The second-order valence-corrected chi connectivity index (χ2v) is 6.65. The van der Waals surface area contributed by atoms with Crippen molar-refractivity contribution in [1.82, 2.24) is 19.7 Å². The van der Waals surface area contributed by atoms with E-state index in [0.29, 0.717) is 16.6 Å². The first-order valence-corrected chi connectivity index (χ1v) is 8.20. The van der Waals surface area contributed by atoms with Gasteiger partial charge in [0.25, 0.3) is 5.91 Å². The van der Waals surface area contributed by atoms with Crippen LogP contribution in [0.1, 0.15) is 59.5 Å². The molecule has 0 aromatic carbocycles. The fourth-order valence-electron chi connectivity index (χ4n) is 3.40. The minimum atomic E-state index is -0.0585. The fraction of sp³-hybridized carbons (Fsp3) is 0.500. The zero-order chi connectivity index (χ0) is 15.3. The summed E-state index contributed by atoms with van der Waals surface area (Å²) in [5.74, 6) is 0.403. The maximum atomic E-state index is 12.9. The molecule has 2 fully saturated rings. The zero-order valence-corrected chi connectivity index (χ0v) is 13.3. The Bertz CT molecular complexity index is 716. The lowest BCUT2D eigenvalue weighted by molar-refractivity contribution is 0.0725. The topological polar surface area (TPSA) is 53.9 Å². The van der Waals surface area contributed by atoms with Crippen LogP contribution in [-0.2, 0) is 7.05 Å². The lowest BCUT2D eigenvalue weighted by Crippen LogP contribution is -2.31. The molecular weight excluding hydrogens is 300 g/mol. The number of aryl methyl sites for hydroxylation is 1. The Labute approximate surface area is 134 Å². The standard InChI is InChI=1S/C16H19ClN4O/c1-20-8-2-4-11(20)12-5-3-9-21(12)16(22)15-13(17)14(18-19-15)10-6-7-10/h2,4,8,10,12H,3,5-7,9H2,1H3,(H,18,19)/t12-/m0/s1. The summed E-state index contributed by atoms with van der Waals surface area (Å²) in [7, 11) is 2.02. The number of rotatable bonds is 3. The Hall–Kier alpha value is -1.75. The molecule has 1 amide bonds. The first-order valence-electron chi connectivity index (χ1n) is 7.82. The van der Waals surface area contributed by atoms with E-state index in [2.05, 4.69) is 20.8 Å². The summed E-state index contributed by atoms with van der Waals surface area (Å²) in [6, 6.07) is 4.21. The van der Waals surface area contributed by atoms with Gasteiger partial charge in [-0.25, -0.2) is 0 Å². The van der Waals surface area contributed by atoms with Crippen LogP contribution < -0.4 is 0 Å². The zero-order valence-electron chi connectivity index (χ0n) is 12.6. The van der Waals surface area contributed by atoms with E-state index in [1.54, 1.807) is 0 Å². The number of likely N-dealkylation sites (tertiary alicyclic amines) is 1. The monoisotopic (exact) mass is 318 g/mol. The van der Waals surface area contributed by atoms with Crippen molar-refractivity contribution < 1.29 is 4.79 Å². The van der Waals surface area contributed by atoms with E-state index < -0.39 is 0 Å². The quantitative estimate of drug-likeness (QED) is 0.944. The fourth-order valence-corrected chi connectivity index (χ4v) is 3.72. The van der Waals surface area contributed by atoms with Crippen molar-refractivity contribution in [3.8, 4) is 0 Å². The van der Waals surface area contributed by atoms with Gasteiger partial charge in [0, 0.05) is 31.4 Å². The maximum Gasteiger partial charge on any atom is 0.276 e. The van der Waals surface area contributed by atoms with Gasteiger partial charge in [-0.15, -0.1) is 0 Å². The number of nitrogens with one attached hydrogen (secondary N) is 1. The molecule has 0 unspecified atom stereocenters. The van der Waals surface area contributed by atoms with E-state index >= 15 is 0 Å². The van der Waals surface area contributed by atoms with Gasteiger partial charge in [-0.1, -0.05) is 11.6 Å². The molecule has 22 heavy (non-hydrogen) atoms. The lowest BCUT2D eigenvalue weighted by Gasteiger charge is -2.24. The predicted octanol–water partition coefficient (Wildman–Crippen LogP) is 3.26. The molecule has 4 rings (SSSR count). The summed E-state index contributed by atoms with van der Waals surface area (Å²) in [6.07, 6.45) is 6.28. The van der Waals surface area contributed by atoms with Crippen molar-refractivity contribution in [1.29, 1.82) is 0 Å². The third-order valence-corrected chi connectivity index (χ3v) is 5.14. The van der Waals surface area contributed by atoms with Crippen molar-refractivity contribution in [3.63, 3.8) is 0 Å². The Morgan fingerprint density at radius 1 is 1.41 bits per heavy atom. The second-order valence-electron chi connectivity index (χ2n) is 6.27. The second kappa shape index (κ2) is 5.16. The molecule has 0 radical (unpaired) electrons. The maximum absolute atomic E-state index is 12.9. The molecule has 0 bridgehead atoms.